The molecule has 1 aliphatic rings. The Hall–Kier alpha value is -3.83. The third kappa shape index (κ3) is 9.33. The maximum atomic E-state index is 13.7. The molecule has 3 rings (SSSR count). The Morgan fingerprint density at radius 2 is 1.72 bits per heavy atom. The van der Waals surface area contributed by atoms with Crippen LogP contribution in [-0.2, 0) is 40.0 Å². The highest BCUT2D eigenvalue weighted by Gasteiger charge is 2.35. The topological polar surface area (TPSA) is 95.1 Å². The fourth-order valence-electron chi connectivity index (χ4n) is 4.70. The van der Waals surface area contributed by atoms with Crippen LogP contribution in [-0.4, -0.2) is 76.4 Å². The van der Waals surface area contributed by atoms with Gasteiger partial charge in [-0.1, -0.05) is 32.9 Å². The highest BCUT2D eigenvalue weighted by Crippen LogP contribution is 2.32. The van der Waals surface area contributed by atoms with E-state index in [2.05, 4.69) is 10.3 Å². The summed E-state index contributed by atoms with van der Waals surface area (Å²) in [6.07, 6.45) is -3.40. The number of benzene rings is 1. The van der Waals surface area contributed by atoms with Gasteiger partial charge in [0.25, 0.3) is 0 Å². The van der Waals surface area contributed by atoms with Gasteiger partial charge in [-0.05, 0) is 56.5 Å². The summed E-state index contributed by atoms with van der Waals surface area (Å²) in [5.74, 6) is -0.402. The van der Waals surface area contributed by atoms with Crippen molar-refractivity contribution < 1.29 is 32.3 Å². The summed E-state index contributed by atoms with van der Waals surface area (Å²) in [5.41, 5.74) is 0.256. The van der Waals surface area contributed by atoms with Crippen molar-refractivity contribution >= 4 is 23.6 Å². The molecule has 2 heterocycles. The van der Waals surface area contributed by atoms with Gasteiger partial charge in [-0.3, -0.25) is 14.6 Å². The van der Waals surface area contributed by atoms with Crippen LogP contribution in [0.2, 0.25) is 0 Å². The number of carbonyl (C=O) groups is 3. The zero-order valence-corrected chi connectivity index (χ0v) is 26.0. The van der Waals surface area contributed by atoms with Crippen molar-refractivity contribution in [1.82, 2.24) is 19.7 Å². The third-order valence-electron chi connectivity index (χ3n) is 6.92. The summed E-state index contributed by atoms with van der Waals surface area (Å²) >= 11 is 0. The van der Waals surface area contributed by atoms with E-state index in [-0.39, 0.29) is 31.2 Å². The lowest BCUT2D eigenvalue weighted by Crippen LogP contribution is -2.43. The van der Waals surface area contributed by atoms with E-state index in [4.69, 9.17) is 4.74 Å². The van der Waals surface area contributed by atoms with Gasteiger partial charge in [-0.15, -0.1) is 0 Å². The molecule has 12 heteroatoms. The lowest BCUT2D eigenvalue weighted by molar-refractivity contribution is -0.140. The number of ether oxygens (including phenoxy) is 1. The molecular weight excluding hydrogens is 563 g/mol. The van der Waals surface area contributed by atoms with Gasteiger partial charge in [0.15, 0.2) is 0 Å². The van der Waals surface area contributed by atoms with Crippen molar-refractivity contribution in [3.05, 3.63) is 58.9 Å². The van der Waals surface area contributed by atoms with Crippen LogP contribution in [0.3, 0.4) is 0 Å². The molecule has 0 atom stereocenters. The maximum Gasteiger partial charge on any atom is 0.418 e. The Kier molecular flexibility index (Phi) is 10.3. The minimum absolute atomic E-state index is 0.0349. The SMILES string of the molecule is CN(CCN(Cc1ncccc1C(F)(F)F)C(=O)CNc1cccc2c1CCN(C(=O)C(C)(C)C)C2)C(=O)OC(C)(C)C. The highest BCUT2D eigenvalue weighted by molar-refractivity contribution is 5.83. The molecule has 0 saturated heterocycles. The molecule has 0 fully saturated rings. The second kappa shape index (κ2) is 13.2. The average Bonchev–Trinajstić information content (AvgIpc) is 2.91. The van der Waals surface area contributed by atoms with Crippen LogP contribution in [0.1, 0.15) is 63.9 Å². The van der Waals surface area contributed by atoms with E-state index in [0.29, 0.717) is 19.5 Å². The van der Waals surface area contributed by atoms with Crippen molar-refractivity contribution in [3.63, 3.8) is 0 Å². The molecule has 1 aliphatic heterocycles. The molecule has 236 valence electrons. The third-order valence-corrected chi connectivity index (χ3v) is 6.92. The van der Waals surface area contributed by atoms with Crippen LogP contribution in [0.15, 0.2) is 36.5 Å². The lowest BCUT2D eigenvalue weighted by Gasteiger charge is -2.34. The Balaban J connectivity index is 1.77. The normalized spacial score (nSPS) is 13.7. The maximum absolute atomic E-state index is 13.7. The number of hydrogen-bond acceptors (Lipinski definition) is 6. The summed E-state index contributed by atoms with van der Waals surface area (Å²) in [6.45, 7) is 11.2. The van der Waals surface area contributed by atoms with Crippen LogP contribution < -0.4 is 5.32 Å². The average molecular weight is 606 g/mol. The van der Waals surface area contributed by atoms with Crippen molar-refractivity contribution in [2.75, 3.05) is 38.5 Å². The second-order valence-electron chi connectivity index (χ2n) is 12.7. The molecule has 1 aromatic carbocycles. The molecule has 0 bridgehead atoms. The quantitative estimate of drug-likeness (QED) is 0.437. The number of halogens is 3. The zero-order chi connectivity index (χ0) is 32.2. The number of alkyl halides is 3. The predicted octanol–water partition coefficient (Wildman–Crippen LogP) is 5.34. The van der Waals surface area contributed by atoms with Crippen LogP contribution >= 0.6 is 0 Å². The molecule has 3 amide bonds. The fourth-order valence-corrected chi connectivity index (χ4v) is 4.70. The summed E-state index contributed by atoms with van der Waals surface area (Å²) < 4.78 is 46.5. The number of hydrogen-bond donors (Lipinski definition) is 1. The molecule has 0 unspecified atom stereocenters. The van der Waals surface area contributed by atoms with Crippen LogP contribution in [0.5, 0.6) is 0 Å². The van der Waals surface area contributed by atoms with E-state index in [1.54, 1.807) is 20.8 Å². The van der Waals surface area contributed by atoms with E-state index in [1.165, 1.54) is 29.1 Å². The molecule has 1 aromatic heterocycles. The first-order valence-corrected chi connectivity index (χ1v) is 14.2. The van der Waals surface area contributed by atoms with Crippen LogP contribution in [0.4, 0.5) is 23.7 Å². The molecule has 43 heavy (non-hydrogen) atoms. The van der Waals surface area contributed by atoms with Gasteiger partial charge in [0.05, 0.1) is 24.3 Å². The monoisotopic (exact) mass is 605 g/mol. The summed E-state index contributed by atoms with van der Waals surface area (Å²) in [4.78, 5) is 47.0. The van der Waals surface area contributed by atoms with Crippen molar-refractivity contribution in [2.24, 2.45) is 5.41 Å². The van der Waals surface area contributed by atoms with Gasteiger partial charge < -0.3 is 24.8 Å². The number of amides is 3. The first-order valence-electron chi connectivity index (χ1n) is 14.2. The van der Waals surface area contributed by atoms with Gasteiger partial charge in [-0.25, -0.2) is 4.79 Å². The molecule has 0 saturated carbocycles. The van der Waals surface area contributed by atoms with Crippen molar-refractivity contribution in [2.45, 2.75) is 72.8 Å². The van der Waals surface area contributed by atoms with E-state index < -0.39 is 41.3 Å². The number of aromatic nitrogens is 1. The molecule has 9 nitrogen and oxygen atoms in total. The molecule has 0 radical (unpaired) electrons. The van der Waals surface area contributed by atoms with E-state index in [9.17, 15) is 27.6 Å². The van der Waals surface area contributed by atoms with Crippen molar-refractivity contribution in [3.8, 4) is 0 Å². The highest BCUT2D eigenvalue weighted by atomic mass is 19.4. The number of pyridine rings is 1. The molecule has 1 N–H and O–H groups in total. The summed E-state index contributed by atoms with van der Waals surface area (Å²) in [6, 6.07) is 7.76. The number of carbonyl (C=O) groups excluding carboxylic acids is 3. The van der Waals surface area contributed by atoms with Crippen LogP contribution in [0, 0.1) is 5.41 Å². The number of anilines is 1. The number of fused-ring (bicyclic) bond motifs is 1. The predicted molar refractivity (Wildman–Crippen MR) is 157 cm³/mol. The number of nitrogens with one attached hydrogen (secondary N) is 1. The second-order valence-corrected chi connectivity index (χ2v) is 12.7. The van der Waals surface area contributed by atoms with E-state index in [0.717, 1.165) is 22.9 Å². The molecule has 0 spiro atoms. The molecule has 0 aliphatic carbocycles. The van der Waals surface area contributed by atoms with Crippen molar-refractivity contribution in [1.29, 1.82) is 0 Å². The fraction of sp³-hybridized carbons (Fsp3) is 0.548. The zero-order valence-electron chi connectivity index (χ0n) is 26.0. The van der Waals surface area contributed by atoms with E-state index in [1.807, 2.05) is 43.9 Å². The number of rotatable bonds is 8. The Morgan fingerprint density at radius 3 is 2.35 bits per heavy atom. The lowest BCUT2D eigenvalue weighted by atomic mass is 9.91. The molecular formula is C31H42F3N5O4. The summed E-state index contributed by atoms with van der Waals surface area (Å²) in [5, 5.41) is 3.16. The van der Waals surface area contributed by atoms with Gasteiger partial charge in [0, 0.05) is 50.5 Å². The van der Waals surface area contributed by atoms with Gasteiger partial charge >= 0.3 is 12.3 Å². The van der Waals surface area contributed by atoms with Gasteiger partial charge in [-0.2, -0.15) is 13.2 Å². The molecule has 2 aromatic rings. The Labute approximate surface area is 251 Å². The van der Waals surface area contributed by atoms with Gasteiger partial charge in [0.2, 0.25) is 11.8 Å². The first kappa shape index (κ1) is 33.7. The largest absolute Gasteiger partial charge is 0.444 e. The standard InChI is InChI=1S/C31H42F3N5O4/c1-29(2,3)27(41)39-15-13-22-21(19-39)10-8-12-24(22)36-18-26(40)38(17-16-37(7)28(42)43-30(4,5)6)20-25-23(31(32,33)34)11-9-14-35-25/h8-12,14,36H,13,15-20H2,1-7H3. The van der Waals surface area contributed by atoms with Gasteiger partial charge in [0.1, 0.15) is 5.60 Å². The summed E-state index contributed by atoms with van der Waals surface area (Å²) in [7, 11) is 1.50. The Morgan fingerprint density at radius 1 is 1.02 bits per heavy atom. The minimum atomic E-state index is -4.64. The van der Waals surface area contributed by atoms with Crippen LogP contribution in [0.25, 0.3) is 0 Å². The van der Waals surface area contributed by atoms with E-state index >= 15 is 0 Å². The minimum Gasteiger partial charge on any atom is -0.444 e. The number of likely N-dealkylation sites (N-methyl/N-ethyl adjacent to an activating group) is 1. The first-order chi connectivity index (χ1) is 19.9. The Bertz CT molecular complexity index is 1320. The smallest absolute Gasteiger partial charge is 0.418 e. The number of nitrogens with zero attached hydrogens (tertiary/aromatic N) is 4.